The summed E-state index contributed by atoms with van der Waals surface area (Å²) < 4.78 is 5.37. The van der Waals surface area contributed by atoms with E-state index in [1.165, 1.54) is 0 Å². The van der Waals surface area contributed by atoms with Crippen molar-refractivity contribution in [3.05, 3.63) is 5.89 Å². The maximum absolute atomic E-state index is 10.7. The molecule has 0 fully saturated rings. The summed E-state index contributed by atoms with van der Waals surface area (Å²) in [6.45, 7) is 7.50. The normalized spacial score (nSPS) is 12.7. The molecule has 1 amide bonds. The lowest BCUT2D eigenvalue weighted by molar-refractivity contribution is -0.118. The number of hydrogen-bond acceptors (Lipinski definition) is 6. The van der Waals surface area contributed by atoms with E-state index in [4.69, 9.17) is 10.2 Å². The highest BCUT2D eigenvalue weighted by molar-refractivity contribution is 5.74. The molecule has 1 unspecified atom stereocenters. The van der Waals surface area contributed by atoms with Gasteiger partial charge in [0.15, 0.2) is 0 Å². The van der Waals surface area contributed by atoms with Gasteiger partial charge < -0.3 is 20.8 Å². The van der Waals surface area contributed by atoms with Crippen LogP contribution in [-0.2, 0) is 11.3 Å². The van der Waals surface area contributed by atoms with E-state index in [1.54, 1.807) is 0 Å². The summed E-state index contributed by atoms with van der Waals surface area (Å²) in [5.41, 5.74) is 5.09. The minimum atomic E-state index is -0.367. The number of amides is 1. The number of rotatable bonds is 8. The number of primary amides is 1. The van der Waals surface area contributed by atoms with Crippen LogP contribution in [0.25, 0.3) is 0 Å². The third-order valence-corrected chi connectivity index (χ3v) is 2.17. The Balaban J connectivity index is 2.36. The molecule has 0 saturated carbocycles. The van der Waals surface area contributed by atoms with Crippen molar-refractivity contribution >= 4 is 11.9 Å². The SMILES string of the molecule is CC(C)CNCc1nnc(NC(C)CC(N)=O)o1. The lowest BCUT2D eigenvalue weighted by atomic mass is 10.2. The number of carbonyl (C=O) groups excluding carboxylic acids is 1. The molecule has 0 bridgehead atoms. The van der Waals surface area contributed by atoms with Crippen molar-refractivity contribution in [2.24, 2.45) is 11.7 Å². The van der Waals surface area contributed by atoms with E-state index in [1.807, 2.05) is 6.92 Å². The highest BCUT2D eigenvalue weighted by Crippen LogP contribution is 2.08. The van der Waals surface area contributed by atoms with Crippen molar-refractivity contribution in [2.75, 3.05) is 11.9 Å². The molecule has 0 aliphatic rings. The number of nitrogens with two attached hydrogens (primary N) is 1. The Morgan fingerprint density at radius 1 is 1.39 bits per heavy atom. The lowest BCUT2D eigenvalue weighted by Gasteiger charge is -2.08. The first-order valence-electron chi connectivity index (χ1n) is 6.05. The van der Waals surface area contributed by atoms with Gasteiger partial charge in [-0.1, -0.05) is 18.9 Å². The average molecular weight is 255 g/mol. The van der Waals surface area contributed by atoms with Gasteiger partial charge in [0, 0.05) is 12.5 Å². The molecule has 1 aromatic rings. The van der Waals surface area contributed by atoms with Crippen LogP contribution in [0.15, 0.2) is 4.42 Å². The van der Waals surface area contributed by atoms with Gasteiger partial charge in [-0.25, -0.2) is 0 Å². The van der Waals surface area contributed by atoms with E-state index < -0.39 is 0 Å². The summed E-state index contributed by atoms with van der Waals surface area (Å²) in [6.07, 6.45) is 0.226. The summed E-state index contributed by atoms with van der Waals surface area (Å²) in [4.78, 5) is 10.7. The molecule has 1 aromatic heterocycles. The molecule has 18 heavy (non-hydrogen) atoms. The van der Waals surface area contributed by atoms with Crippen molar-refractivity contribution in [1.29, 1.82) is 0 Å². The predicted octanol–water partition coefficient (Wildman–Crippen LogP) is 0.491. The van der Waals surface area contributed by atoms with Gasteiger partial charge in [-0.3, -0.25) is 4.79 Å². The lowest BCUT2D eigenvalue weighted by Crippen LogP contribution is -2.24. The van der Waals surface area contributed by atoms with E-state index in [9.17, 15) is 4.79 Å². The fourth-order valence-electron chi connectivity index (χ4n) is 1.41. The Labute approximate surface area is 107 Å². The molecule has 0 spiro atoms. The Bertz CT molecular complexity index is 377. The largest absolute Gasteiger partial charge is 0.407 e. The molecule has 0 radical (unpaired) electrons. The molecule has 1 heterocycles. The van der Waals surface area contributed by atoms with Crippen molar-refractivity contribution < 1.29 is 9.21 Å². The van der Waals surface area contributed by atoms with E-state index in [-0.39, 0.29) is 18.4 Å². The molecule has 4 N–H and O–H groups in total. The number of nitrogens with zero attached hydrogens (tertiary/aromatic N) is 2. The number of nitrogens with one attached hydrogen (secondary N) is 2. The van der Waals surface area contributed by atoms with Gasteiger partial charge in [0.1, 0.15) is 0 Å². The summed E-state index contributed by atoms with van der Waals surface area (Å²) in [5, 5.41) is 13.9. The van der Waals surface area contributed by atoms with Gasteiger partial charge in [-0.05, 0) is 19.4 Å². The molecule has 102 valence electrons. The van der Waals surface area contributed by atoms with Crippen LogP contribution in [0.3, 0.4) is 0 Å². The number of hydrogen-bond donors (Lipinski definition) is 3. The second-order valence-corrected chi connectivity index (χ2v) is 4.74. The van der Waals surface area contributed by atoms with Crippen LogP contribution in [0, 0.1) is 5.92 Å². The zero-order chi connectivity index (χ0) is 13.5. The van der Waals surface area contributed by atoms with Crippen LogP contribution in [0.4, 0.5) is 6.01 Å². The van der Waals surface area contributed by atoms with E-state index in [2.05, 4.69) is 34.7 Å². The minimum absolute atomic E-state index is 0.126. The number of aromatic nitrogens is 2. The Kier molecular flexibility index (Phi) is 5.57. The van der Waals surface area contributed by atoms with Crippen LogP contribution >= 0.6 is 0 Å². The molecular weight excluding hydrogens is 234 g/mol. The van der Waals surface area contributed by atoms with Gasteiger partial charge in [0.2, 0.25) is 11.8 Å². The summed E-state index contributed by atoms with van der Waals surface area (Å²) in [7, 11) is 0. The third-order valence-electron chi connectivity index (χ3n) is 2.17. The van der Waals surface area contributed by atoms with Crippen molar-refractivity contribution in [2.45, 2.75) is 39.8 Å². The van der Waals surface area contributed by atoms with Crippen molar-refractivity contribution in [1.82, 2.24) is 15.5 Å². The third kappa shape index (κ3) is 5.62. The van der Waals surface area contributed by atoms with Crippen molar-refractivity contribution in [3.8, 4) is 0 Å². The summed E-state index contributed by atoms with van der Waals surface area (Å²) in [5.74, 6) is 0.721. The van der Waals surface area contributed by atoms with Gasteiger partial charge in [-0.15, -0.1) is 5.10 Å². The Morgan fingerprint density at radius 3 is 2.72 bits per heavy atom. The summed E-state index contributed by atoms with van der Waals surface area (Å²) in [6, 6.07) is 0.185. The molecule has 1 rings (SSSR count). The second-order valence-electron chi connectivity index (χ2n) is 4.74. The molecule has 0 saturated heterocycles. The first-order chi connectivity index (χ1) is 8.47. The number of carbonyl (C=O) groups is 1. The quantitative estimate of drug-likeness (QED) is 0.624. The number of anilines is 1. The Morgan fingerprint density at radius 2 is 2.11 bits per heavy atom. The minimum Gasteiger partial charge on any atom is -0.407 e. The van der Waals surface area contributed by atoms with Gasteiger partial charge >= 0.3 is 6.01 Å². The van der Waals surface area contributed by atoms with Crippen LogP contribution in [0.1, 0.15) is 33.1 Å². The molecule has 7 nitrogen and oxygen atoms in total. The van der Waals surface area contributed by atoms with Crippen LogP contribution in [0.2, 0.25) is 0 Å². The molecule has 0 aromatic carbocycles. The topological polar surface area (TPSA) is 106 Å². The van der Waals surface area contributed by atoms with Gasteiger partial charge in [-0.2, -0.15) is 0 Å². The molecule has 0 aliphatic carbocycles. The molecule has 7 heteroatoms. The molecule has 1 atom stereocenters. The standard InChI is InChI=1S/C11H21N5O2/c1-7(2)5-13-6-10-15-16-11(18-10)14-8(3)4-9(12)17/h7-8,13H,4-6H2,1-3H3,(H2,12,17)(H,14,16). The first kappa shape index (κ1) is 14.4. The average Bonchev–Trinajstić information content (AvgIpc) is 2.63. The first-order valence-corrected chi connectivity index (χ1v) is 6.05. The van der Waals surface area contributed by atoms with Gasteiger partial charge in [0.05, 0.1) is 6.54 Å². The highest BCUT2D eigenvalue weighted by atomic mass is 16.4. The zero-order valence-corrected chi connectivity index (χ0v) is 11.1. The zero-order valence-electron chi connectivity index (χ0n) is 11.1. The predicted molar refractivity (Wildman–Crippen MR) is 67.7 cm³/mol. The maximum atomic E-state index is 10.7. The van der Waals surface area contributed by atoms with E-state index in [0.717, 1.165) is 6.54 Å². The van der Waals surface area contributed by atoms with Crippen molar-refractivity contribution in [3.63, 3.8) is 0 Å². The fourth-order valence-corrected chi connectivity index (χ4v) is 1.41. The molecule has 0 aliphatic heterocycles. The summed E-state index contributed by atoms with van der Waals surface area (Å²) >= 11 is 0. The maximum Gasteiger partial charge on any atom is 0.315 e. The van der Waals surface area contributed by atoms with Crippen LogP contribution in [0.5, 0.6) is 0 Å². The van der Waals surface area contributed by atoms with E-state index in [0.29, 0.717) is 24.4 Å². The van der Waals surface area contributed by atoms with Gasteiger partial charge in [0.25, 0.3) is 0 Å². The molecular formula is C11H21N5O2. The Hall–Kier alpha value is -1.63. The van der Waals surface area contributed by atoms with Crippen LogP contribution < -0.4 is 16.4 Å². The fraction of sp³-hybridized carbons (Fsp3) is 0.727. The smallest absolute Gasteiger partial charge is 0.315 e. The highest BCUT2D eigenvalue weighted by Gasteiger charge is 2.10. The van der Waals surface area contributed by atoms with Crippen LogP contribution in [-0.4, -0.2) is 28.7 Å². The van der Waals surface area contributed by atoms with E-state index >= 15 is 0 Å². The second kappa shape index (κ2) is 6.95. The monoisotopic (exact) mass is 255 g/mol.